The summed E-state index contributed by atoms with van der Waals surface area (Å²) < 4.78 is 18.3. The number of hydrogen-bond acceptors (Lipinski definition) is 7. The molecule has 0 spiro atoms. The zero-order valence-electron chi connectivity index (χ0n) is 24.2. The van der Waals surface area contributed by atoms with Crippen LogP contribution in [0.1, 0.15) is 56.2 Å². The Morgan fingerprint density at radius 3 is 2.35 bits per heavy atom. The minimum Gasteiger partial charge on any atom is -0.497 e. The van der Waals surface area contributed by atoms with E-state index in [1.165, 1.54) is 11.8 Å². The number of carbonyl (C=O) groups is 2. The van der Waals surface area contributed by atoms with E-state index in [9.17, 15) is 9.59 Å². The minimum absolute atomic E-state index is 0.101. The first-order chi connectivity index (χ1) is 19.1. The highest BCUT2D eigenvalue weighted by Crippen LogP contribution is 2.49. The number of rotatable bonds is 9. The fraction of sp³-hybridized carbons (Fsp3) is 0.433. The van der Waals surface area contributed by atoms with Gasteiger partial charge in [-0.15, -0.1) is 11.8 Å². The van der Waals surface area contributed by atoms with Crippen LogP contribution in [-0.4, -0.2) is 61.8 Å². The molecule has 1 atom stereocenters. The summed E-state index contributed by atoms with van der Waals surface area (Å²) in [4.78, 5) is 28.3. The molecule has 0 bridgehead atoms. The van der Waals surface area contributed by atoms with Crippen LogP contribution in [0.15, 0.2) is 42.5 Å². The standard InChI is InChI=1S/C30H38N4O5S/c1-8-15-31-24(35)17-33-25(36)18-40-27(19-9-14-22(38-6)23(16-19)39-7)26-28(30(2,3)4)32-34(29(26)33)20-10-12-21(37-5)13-11-20/h9-14,16,27H,8,15,17-18H2,1-7H3,(H,31,35)/t27-/m0/s1. The van der Waals surface area contributed by atoms with E-state index >= 15 is 0 Å². The smallest absolute Gasteiger partial charge is 0.240 e. The van der Waals surface area contributed by atoms with Crippen molar-refractivity contribution in [2.45, 2.75) is 44.8 Å². The Kier molecular flexibility index (Phi) is 8.98. The van der Waals surface area contributed by atoms with Gasteiger partial charge in [0, 0.05) is 17.5 Å². The van der Waals surface area contributed by atoms with E-state index in [1.807, 2.05) is 49.4 Å². The average molecular weight is 567 g/mol. The number of amides is 2. The summed E-state index contributed by atoms with van der Waals surface area (Å²) in [5.74, 6) is 2.36. The van der Waals surface area contributed by atoms with Gasteiger partial charge in [-0.3, -0.25) is 14.5 Å². The van der Waals surface area contributed by atoms with Crippen molar-refractivity contribution in [2.24, 2.45) is 0 Å². The molecule has 1 aliphatic heterocycles. The molecule has 0 fully saturated rings. The van der Waals surface area contributed by atoms with E-state index in [2.05, 4.69) is 26.1 Å². The summed E-state index contributed by atoms with van der Waals surface area (Å²) in [6.07, 6.45) is 0.806. The number of fused-ring (bicyclic) bond motifs is 1. The second kappa shape index (κ2) is 12.2. The van der Waals surface area contributed by atoms with Crippen LogP contribution in [0, 0.1) is 0 Å². The second-order valence-electron chi connectivity index (χ2n) is 10.6. The zero-order chi connectivity index (χ0) is 29.0. The quantitative estimate of drug-likeness (QED) is 0.394. The maximum atomic E-state index is 13.7. The molecular weight excluding hydrogens is 528 g/mol. The molecule has 1 aromatic heterocycles. The average Bonchev–Trinajstić information content (AvgIpc) is 3.29. The van der Waals surface area contributed by atoms with Crippen molar-refractivity contribution in [3.05, 3.63) is 59.3 Å². The summed E-state index contributed by atoms with van der Waals surface area (Å²) in [6.45, 7) is 8.76. The van der Waals surface area contributed by atoms with Gasteiger partial charge in [-0.25, -0.2) is 4.68 Å². The van der Waals surface area contributed by atoms with Crippen molar-refractivity contribution in [1.82, 2.24) is 15.1 Å². The molecule has 4 rings (SSSR count). The zero-order valence-corrected chi connectivity index (χ0v) is 25.1. The van der Waals surface area contributed by atoms with E-state index in [1.54, 1.807) is 30.9 Å². The number of thioether (sulfide) groups is 1. The Labute approximate surface area is 240 Å². The third kappa shape index (κ3) is 5.91. The molecule has 1 aliphatic rings. The molecule has 0 radical (unpaired) electrons. The number of hydrogen-bond donors (Lipinski definition) is 1. The molecular formula is C30H38N4O5S. The van der Waals surface area contributed by atoms with E-state index in [0.717, 1.165) is 28.9 Å². The largest absolute Gasteiger partial charge is 0.497 e. The lowest BCUT2D eigenvalue weighted by atomic mass is 9.87. The molecule has 2 aromatic carbocycles. The Balaban J connectivity index is 1.99. The van der Waals surface area contributed by atoms with Crippen molar-refractivity contribution in [3.63, 3.8) is 0 Å². The molecule has 214 valence electrons. The second-order valence-corrected chi connectivity index (χ2v) is 11.7. The summed E-state index contributed by atoms with van der Waals surface area (Å²) in [7, 11) is 4.83. The van der Waals surface area contributed by atoms with Crippen molar-refractivity contribution in [3.8, 4) is 22.9 Å². The van der Waals surface area contributed by atoms with Crippen LogP contribution in [0.4, 0.5) is 5.82 Å². The minimum atomic E-state index is -0.360. The van der Waals surface area contributed by atoms with Gasteiger partial charge in [-0.2, -0.15) is 5.10 Å². The summed E-state index contributed by atoms with van der Waals surface area (Å²) in [6, 6.07) is 13.3. The third-order valence-corrected chi connectivity index (χ3v) is 7.96. The molecule has 40 heavy (non-hydrogen) atoms. The lowest BCUT2D eigenvalue weighted by Gasteiger charge is -2.25. The Morgan fingerprint density at radius 2 is 1.75 bits per heavy atom. The van der Waals surface area contributed by atoms with Crippen molar-refractivity contribution in [2.75, 3.05) is 45.1 Å². The van der Waals surface area contributed by atoms with Crippen molar-refractivity contribution < 1.29 is 23.8 Å². The first-order valence-corrected chi connectivity index (χ1v) is 14.4. The highest BCUT2D eigenvalue weighted by molar-refractivity contribution is 8.00. The van der Waals surface area contributed by atoms with Crippen LogP contribution >= 0.6 is 11.8 Å². The van der Waals surface area contributed by atoms with Gasteiger partial charge in [0.1, 0.15) is 18.1 Å². The molecule has 0 saturated heterocycles. The molecule has 0 unspecified atom stereocenters. The Bertz CT molecular complexity index is 1360. The molecule has 10 heteroatoms. The van der Waals surface area contributed by atoms with E-state index < -0.39 is 0 Å². The maximum absolute atomic E-state index is 13.7. The first kappa shape index (κ1) is 29.3. The van der Waals surface area contributed by atoms with Gasteiger partial charge in [-0.05, 0) is 48.4 Å². The van der Waals surface area contributed by atoms with Crippen LogP contribution in [0.2, 0.25) is 0 Å². The van der Waals surface area contributed by atoms with Gasteiger partial charge in [-0.1, -0.05) is 33.8 Å². The predicted molar refractivity (Wildman–Crippen MR) is 158 cm³/mol. The number of methoxy groups -OCH3 is 3. The number of ether oxygens (including phenoxy) is 3. The molecule has 2 amide bonds. The van der Waals surface area contributed by atoms with Crippen LogP contribution in [0.5, 0.6) is 17.2 Å². The highest BCUT2D eigenvalue weighted by atomic mass is 32.2. The molecule has 0 aliphatic carbocycles. The number of nitrogens with one attached hydrogen (secondary N) is 1. The van der Waals surface area contributed by atoms with Crippen LogP contribution < -0.4 is 24.4 Å². The first-order valence-electron chi connectivity index (χ1n) is 13.3. The molecule has 2 heterocycles. The molecule has 9 nitrogen and oxygen atoms in total. The number of anilines is 1. The monoisotopic (exact) mass is 566 g/mol. The van der Waals surface area contributed by atoms with Crippen molar-refractivity contribution in [1.29, 1.82) is 0 Å². The number of carbonyl (C=O) groups excluding carboxylic acids is 2. The van der Waals surface area contributed by atoms with Gasteiger partial charge in [0.05, 0.1) is 43.7 Å². The molecule has 1 N–H and O–H groups in total. The van der Waals surface area contributed by atoms with E-state index in [4.69, 9.17) is 19.3 Å². The highest BCUT2D eigenvalue weighted by Gasteiger charge is 2.40. The SMILES string of the molecule is CCCNC(=O)CN1C(=O)CS[C@@H](c2ccc(OC)c(OC)c2)c2c(C(C)(C)C)nn(-c3ccc(OC)cc3)c21. The normalized spacial score (nSPS) is 15.3. The van der Waals surface area contributed by atoms with E-state index in [-0.39, 0.29) is 34.8 Å². The lowest BCUT2D eigenvalue weighted by molar-refractivity contribution is -0.122. The van der Waals surface area contributed by atoms with Crippen LogP contribution in [-0.2, 0) is 15.0 Å². The summed E-state index contributed by atoms with van der Waals surface area (Å²) in [5.41, 5.74) is 3.10. The van der Waals surface area contributed by atoms with Gasteiger partial charge >= 0.3 is 0 Å². The van der Waals surface area contributed by atoms with Gasteiger partial charge in [0.15, 0.2) is 11.5 Å². The van der Waals surface area contributed by atoms with Crippen LogP contribution in [0.25, 0.3) is 5.69 Å². The number of aromatic nitrogens is 2. The van der Waals surface area contributed by atoms with Gasteiger partial charge in [0.2, 0.25) is 11.8 Å². The Morgan fingerprint density at radius 1 is 1.05 bits per heavy atom. The number of benzene rings is 2. The molecule has 3 aromatic rings. The van der Waals surface area contributed by atoms with Crippen molar-refractivity contribution >= 4 is 29.4 Å². The van der Waals surface area contributed by atoms with E-state index in [0.29, 0.717) is 29.6 Å². The number of nitrogens with zero attached hydrogens (tertiary/aromatic N) is 3. The topological polar surface area (TPSA) is 94.9 Å². The fourth-order valence-electron chi connectivity index (χ4n) is 4.72. The van der Waals surface area contributed by atoms with Gasteiger partial charge < -0.3 is 19.5 Å². The lowest BCUT2D eigenvalue weighted by Crippen LogP contribution is -2.42. The maximum Gasteiger partial charge on any atom is 0.240 e. The predicted octanol–water partition coefficient (Wildman–Crippen LogP) is 4.89. The van der Waals surface area contributed by atoms with Gasteiger partial charge in [0.25, 0.3) is 0 Å². The summed E-state index contributed by atoms with van der Waals surface area (Å²) >= 11 is 1.52. The summed E-state index contributed by atoms with van der Waals surface area (Å²) in [5, 5.41) is 7.79. The van der Waals surface area contributed by atoms with Crippen LogP contribution in [0.3, 0.4) is 0 Å². The molecule has 0 saturated carbocycles. The fourth-order valence-corrected chi connectivity index (χ4v) is 5.91. The third-order valence-electron chi connectivity index (χ3n) is 6.70. The Hall–Kier alpha value is -3.66.